The van der Waals surface area contributed by atoms with Crippen molar-refractivity contribution in [3.63, 3.8) is 0 Å². The van der Waals surface area contributed by atoms with Crippen molar-refractivity contribution in [1.82, 2.24) is 0 Å². The molecule has 0 bridgehead atoms. The van der Waals surface area contributed by atoms with E-state index in [0.29, 0.717) is 26.4 Å². The van der Waals surface area contributed by atoms with Gasteiger partial charge < -0.3 is 22.8 Å². The Hall–Kier alpha value is 1.80. The maximum absolute atomic E-state index is 5.23. The average molecular weight is 358 g/mol. The minimum absolute atomic E-state index is 0.327. The quantitative estimate of drug-likeness (QED) is 0.354. The Balaban J connectivity index is 3.43. The summed E-state index contributed by atoms with van der Waals surface area (Å²) in [5, 5.41) is 0. The normalized spacial score (nSPS) is 18.6. The van der Waals surface area contributed by atoms with Crippen LogP contribution in [-0.2, 0) is 46.4 Å². The largest absolute Gasteiger partial charge is 0.377 e. The van der Waals surface area contributed by atoms with E-state index in [1.165, 1.54) is 14.2 Å². The maximum Gasteiger partial charge on any atom is 0.244 e. The first-order valence-electron chi connectivity index (χ1n) is 4.47. The van der Waals surface area contributed by atoms with Crippen molar-refractivity contribution in [2.75, 3.05) is 40.6 Å². The lowest BCUT2D eigenvalue weighted by molar-refractivity contribution is 0.0773. The second-order valence-electron chi connectivity index (χ2n) is 2.58. The van der Waals surface area contributed by atoms with E-state index in [1.807, 2.05) is 0 Å². The van der Waals surface area contributed by atoms with Crippen molar-refractivity contribution in [2.24, 2.45) is 0 Å². The molecule has 0 spiro atoms. The summed E-state index contributed by atoms with van der Waals surface area (Å²) in [4.78, 5) is 0. The third-order valence-electron chi connectivity index (χ3n) is 1.43. The molecule has 0 aromatic rings. The fourth-order valence-electron chi connectivity index (χ4n) is 0.631. The molecule has 0 aliphatic heterocycles. The summed E-state index contributed by atoms with van der Waals surface area (Å²) in [6.07, 6.45) is 0. The average Bonchev–Trinajstić information content (AvgIpc) is 2.27. The van der Waals surface area contributed by atoms with Gasteiger partial charge in [-0.1, -0.05) is 24.5 Å². The maximum atomic E-state index is 5.23. The van der Waals surface area contributed by atoms with Crippen molar-refractivity contribution in [3.05, 3.63) is 0 Å². The van der Waals surface area contributed by atoms with Gasteiger partial charge >= 0.3 is 0 Å². The highest BCUT2D eigenvalue weighted by atomic mass is 32.9. The molecule has 2 unspecified atom stereocenters. The summed E-state index contributed by atoms with van der Waals surface area (Å²) >= 11 is 17.9. The first-order chi connectivity index (χ1) is 7.83. The Morgan fingerprint density at radius 1 is 0.824 bits per heavy atom. The van der Waals surface area contributed by atoms with Crippen molar-refractivity contribution < 1.29 is 22.8 Å². The summed E-state index contributed by atoms with van der Waals surface area (Å²) in [6.45, 7) is 1.42. The fourth-order valence-corrected chi connectivity index (χ4v) is 2.39. The van der Waals surface area contributed by atoms with Crippen LogP contribution < -0.4 is 0 Å². The van der Waals surface area contributed by atoms with Gasteiger partial charge in [-0.15, -0.1) is 0 Å². The first kappa shape index (κ1) is 18.8. The van der Waals surface area contributed by atoms with E-state index in [1.54, 1.807) is 0 Å². The molecule has 0 aliphatic rings. The molecule has 11 heteroatoms. The Labute approximate surface area is 123 Å². The van der Waals surface area contributed by atoms with Crippen LogP contribution in [0.15, 0.2) is 0 Å². The molecule has 0 rings (SSSR count). The van der Waals surface area contributed by atoms with Gasteiger partial charge in [0.1, 0.15) is 0 Å². The molecule has 17 heavy (non-hydrogen) atoms. The number of thiol groups is 2. The fraction of sp³-hybridized carbons (Fsp3) is 1.00. The minimum Gasteiger partial charge on any atom is -0.377 e. The Bertz CT molecular complexity index is 274. The van der Waals surface area contributed by atoms with Crippen LogP contribution >= 0.6 is 35.9 Å². The van der Waals surface area contributed by atoms with Gasteiger partial charge in [0.05, 0.1) is 26.4 Å². The standard InChI is InChI=1S/C6H16O5P2S4/c1-7-12(14,15)10-5-3-9-4-6-11-13(16,17)8-2/h3-6H2,1-2H3,(H,14,15)(H,16,17). The molecule has 0 radical (unpaired) electrons. The Kier molecular flexibility index (Phi) is 10.7. The Morgan fingerprint density at radius 2 is 1.18 bits per heavy atom. The van der Waals surface area contributed by atoms with E-state index in [2.05, 4.69) is 24.5 Å². The molecule has 0 aromatic heterocycles. The van der Waals surface area contributed by atoms with E-state index in [4.69, 9.17) is 46.4 Å². The number of ether oxygens (including phenoxy) is 1. The lowest BCUT2D eigenvalue weighted by atomic mass is 10.7. The van der Waals surface area contributed by atoms with Gasteiger partial charge in [-0.25, -0.2) is 0 Å². The van der Waals surface area contributed by atoms with Crippen LogP contribution in [0.4, 0.5) is 0 Å². The van der Waals surface area contributed by atoms with Gasteiger partial charge in [0, 0.05) is 14.2 Å². The number of hydrogen-bond acceptors (Lipinski definition) is 7. The molecular formula is C6H16O5P2S4. The van der Waals surface area contributed by atoms with Gasteiger partial charge in [-0.05, 0) is 23.6 Å². The summed E-state index contributed by atoms with van der Waals surface area (Å²) in [6, 6.07) is 0. The molecule has 0 saturated heterocycles. The molecule has 2 atom stereocenters. The van der Waals surface area contributed by atoms with Crippen molar-refractivity contribution >= 4 is 59.5 Å². The third-order valence-corrected chi connectivity index (χ3v) is 6.57. The molecule has 0 saturated carbocycles. The zero-order chi connectivity index (χ0) is 13.4. The SMILES string of the molecule is COP(=S)(S)OCCOCCOP(=S)(S)OC. The van der Waals surface area contributed by atoms with E-state index in [0.717, 1.165) is 0 Å². The number of rotatable bonds is 10. The van der Waals surface area contributed by atoms with Crippen molar-refractivity contribution in [1.29, 1.82) is 0 Å². The molecule has 104 valence electrons. The summed E-state index contributed by atoms with van der Waals surface area (Å²) in [5.74, 6) is 0. The molecule has 5 nitrogen and oxygen atoms in total. The molecule has 0 aromatic carbocycles. The lowest BCUT2D eigenvalue weighted by Crippen LogP contribution is -2.07. The van der Waals surface area contributed by atoms with Crippen molar-refractivity contribution in [2.45, 2.75) is 0 Å². The van der Waals surface area contributed by atoms with Crippen LogP contribution in [0.2, 0.25) is 0 Å². The highest BCUT2D eigenvalue weighted by Crippen LogP contribution is 2.52. The van der Waals surface area contributed by atoms with Gasteiger partial charge in [-0.2, -0.15) is 0 Å². The van der Waals surface area contributed by atoms with Crippen molar-refractivity contribution in [3.8, 4) is 0 Å². The van der Waals surface area contributed by atoms with Crippen LogP contribution in [0.5, 0.6) is 0 Å². The lowest BCUT2D eigenvalue weighted by Gasteiger charge is -2.15. The van der Waals surface area contributed by atoms with Crippen LogP contribution in [0.1, 0.15) is 0 Å². The summed E-state index contributed by atoms with van der Waals surface area (Å²) in [5.41, 5.74) is -4.77. The van der Waals surface area contributed by atoms with Crippen LogP contribution in [0.25, 0.3) is 0 Å². The van der Waals surface area contributed by atoms with E-state index in [9.17, 15) is 0 Å². The topological polar surface area (TPSA) is 46.2 Å². The predicted octanol–water partition coefficient (Wildman–Crippen LogP) is 2.64. The van der Waals surface area contributed by atoms with E-state index >= 15 is 0 Å². The van der Waals surface area contributed by atoms with Crippen LogP contribution in [0, 0.1) is 0 Å². The number of hydrogen-bond donors (Lipinski definition) is 2. The van der Waals surface area contributed by atoms with Crippen LogP contribution in [0.3, 0.4) is 0 Å². The summed E-state index contributed by atoms with van der Waals surface area (Å²) < 4.78 is 25.4. The molecule has 0 aliphatic carbocycles. The monoisotopic (exact) mass is 358 g/mol. The second kappa shape index (κ2) is 9.66. The second-order valence-corrected chi connectivity index (χ2v) is 13.4. The molecule has 0 amide bonds. The molecule has 0 N–H and O–H groups in total. The third kappa shape index (κ3) is 11.3. The summed E-state index contributed by atoms with van der Waals surface area (Å²) in [7, 11) is 2.93. The first-order valence-corrected chi connectivity index (χ1v) is 12.0. The minimum atomic E-state index is -2.39. The van der Waals surface area contributed by atoms with Gasteiger partial charge in [0.25, 0.3) is 0 Å². The van der Waals surface area contributed by atoms with Gasteiger partial charge in [-0.3, -0.25) is 0 Å². The van der Waals surface area contributed by atoms with E-state index in [-0.39, 0.29) is 0 Å². The van der Waals surface area contributed by atoms with E-state index < -0.39 is 11.4 Å². The Morgan fingerprint density at radius 3 is 1.47 bits per heavy atom. The molecule has 0 heterocycles. The molecule has 0 fully saturated rings. The van der Waals surface area contributed by atoms with Crippen LogP contribution in [-0.4, -0.2) is 40.6 Å². The zero-order valence-electron chi connectivity index (χ0n) is 9.48. The van der Waals surface area contributed by atoms with Gasteiger partial charge in [0.2, 0.25) is 11.4 Å². The zero-order valence-corrected chi connectivity index (χ0v) is 14.7. The van der Waals surface area contributed by atoms with Gasteiger partial charge in [0.15, 0.2) is 0 Å². The highest BCUT2D eigenvalue weighted by Gasteiger charge is 2.10. The highest BCUT2D eigenvalue weighted by molar-refractivity contribution is 8.60. The predicted molar refractivity (Wildman–Crippen MR) is 83.3 cm³/mol. The molecular weight excluding hydrogens is 342 g/mol. The smallest absolute Gasteiger partial charge is 0.244 e.